The van der Waals surface area contributed by atoms with Crippen molar-refractivity contribution in [3.05, 3.63) is 41.5 Å². The van der Waals surface area contributed by atoms with Crippen LogP contribution >= 0.6 is 0 Å². The summed E-state index contributed by atoms with van der Waals surface area (Å²) >= 11 is 0. The number of aliphatic hydroxyl groups is 1. The van der Waals surface area contributed by atoms with Crippen molar-refractivity contribution in [1.82, 2.24) is 10.2 Å². The first-order valence-electron chi connectivity index (χ1n) is 10.6. The van der Waals surface area contributed by atoms with Gasteiger partial charge in [-0.05, 0) is 55.2 Å². The van der Waals surface area contributed by atoms with Crippen molar-refractivity contribution in [2.75, 3.05) is 6.61 Å². The number of urea groups is 1. The zero-order chi connectivity index (χ0) is 19.5. The van der Waals surface area contributed by atoms with Gasteiger partial charge in [-0.2, -0.15) is 5.26 Å². The van der Waals surface area contributed by atoms with E-state index in [1.807, 2.05) is 0 Å². The van der Waals surface area contributed by atoms with Crippen LogP contribution in [0.5, 0.6) is 0 Å². The molecule has 2 N–H and O–H groups in total. The first-order chi connectivity index (χ1) is 13.7. The molecule has 1 aromatic carbocycles. The molecule has 1 aromatic rings. The maximum atomic E-state index is 12.7. The summed E-state index contributed by atoms with van der Waals surface area (Å²) in [4.78, 5) is 14.2. The monoisotopic (exact) mass is 379 g/mol. The summed E-state index contributed by atoms with van der Waals surface area (Å²) in [5.41, 5.74) is 3.67. The third-order valence-electron chi connectivity index (χ3n) is 6.61. The van der Waals surface area contributed by atoms with Crippen molar-refractivity contribution in [3.8, 4) is 6.07 Å². The first kappa shape index (κ1) is 19.0. The van der Waals surface area contributed by atoms with E-state index in [1.54, 1.807) is 4.90 Å². The quantitative estimate of drug-likeness (QED) is 0.832. The van der Waals surface area contributed by atoms with Crippen LogP contribution in [0.3, 0.4) is 0 Å². The van der Waals surface area contributed by atoms with E-state index < -0.39 is 6.04 Å². The van der Waals surface area contributed by atoms with Crippen molar-refractivity contribution in [3.63, 3.8) is 0 Å². The number of amides is 2. The average molecular weight is 380 g/mol. The van der Waals surface area contributed by atoms with Gasteiger partial charge < -0.3 is 15.3 Å². The second kappa shape index (κ2) is 8.36. The minimum absolute atomic E-state index is 0.131. The highest BCUT2D eigenvalue weighted by atomic mass is 16.3. The third kappa shape index (κ3) is 3.54. The third-order valence-corrected chi connectivity index (χ3v) is 6.61. The van der Waals surface area contributed by atoms with Crippen LogP contribution < -0.4 is 5.32 Å². The Morgan fingerprint density at radius 2 is 1.93 bits per heavy atom. The Balaban J connectivity index is 1.48. The number of allylic oxidation sites excluding steroid dienone is 2. The smallest absolute Gasteiger partial charge is 0.319 e. The number of nitriles is 1. The van der Waals surface area contributed by atoms with E-state index in [0.717, 1.165) is 44.1 Å². The molecule has 2 fully saturated rings. The van der Waals surface area contributed by atoms with Crippen LogP contribution in [0, 0.1) is 11.3 Å². The highest BCUT2D eigenvalue weighted by Crippen LogP contribution is 2.41. The Morgan fingerprint density at radius 3 is 2.54 bits per heavy atom. The van der Waals surface area contributed by atoms with Gasteiger partial charge in [-0.15, -0.1) is 0 Å². The molecule has 5 nitrogen and oxygen atoms in total. The molecule has 1 aliphatic heterocycles. The van der Waals surface area contributed by atoms with Gasteiger partial charge in [0.15, 0.2) is 0 Å². The molecule has 2 aliphatic carbocycles. The largest absolute Gasteiger partial charge is 0.394 e. The lowest BCUT2D eigenvalue weighted by molar-refractivity contribution is 0.0158. The maximum absolute atomic E-state index is 12.7. The van der Waals surface area contributed by atoms with Gasteiger partial charge in [0.05, 0.1) is 18.7 Å². The van der Waals surface area contributed by atoms with E-state index in [9.17, 15) is 15.2 Å². The number of hydrogen-bond acceptors (Lipinski definition) is 3. The number of aliphatic hydroxyl groups excluding tert-OH is 1. The van der Waals surface area contributed by atoms with Gasteiger partial charge in [-0.25, -0.2) is 4.79 Å². The van der Waals surface area contributed by atoms with E-state index >= 15 is 0 Å². The van der Waals surface area contributed by atoms with Crippen molar-refractivity contribution >= 4 is 11.6 Å². The molecule has 148 valence electrons. The van der Waals surface area contributed by atoms with Gasteiger partial charge in [0.1, 0.15) is 6.04 Å². The van der Waals surface area contributed by atoms with Crippen molar-refractivity contribution < 1.29 is 9.90 Å². The summed E-state index contributed by atoms with van der Waals surface area (Å²) in [7, 11) is 0. The molecular weight excluding hydrogens is 350 g/mol. The van der Waals surface area contributed by atoms with Gasteiger partial charge in [-0.1, -0.05) is 43.2 Å². The standard InChI is InChI=1S/C23H29N3O2/c24-14-20-22(18-12-10-17(11-13-18)16-6-2-1-3-7-16)21(15-27)26(20)23(28)25-19-8-4-5-9-19/h6,10-13,19-22,27H,1-5,7-9,15H2,(H,25,28)/t20-,21-,22-/m0/s1. The Morgan fingerprint density at radius 1 is 1.18 bits per heavy atom. The fourth-order valence-corrected chi connectivity index (χ4v) is 5.03. The van der Waals surface area contributed by atoms with Crippen LogP contribution in [0.25, 0.3) is 5.57 Å². The summed E-state index contributed by atoms with van der Waals surface area (Å²) in [6.45, 7) is -0.131. The molecule has 1 saturated heterocycles. The van der Waals surface area contributed by atoms with Gasteiger partial charge in [0.25, 0.3) is 0 Å². The number of benzene rings is 1. The molecule has 1 heterocycles. The highest BCUT2D eigenvalue weighted by molar-refractivity contribution is 5.78. The van der Waals surface area contributed by atoms with E-state index in [1.165, 1.54) is 24.0 Å². The van der Waals surface area contributed by atoms with E-state index in [-0.39, 0.29) is 30.6 Å². The fourth-order valence-electron chi connectivity index (χ4n) is 5.03. The maximum Gasteiger partial charge on any atom is 0.319 e. The number of hydrogen-bond donors (Lipinski definition) is 2. The second-order valence-corrected chi connectivity index (χ2v) is 8.28. The summed E-state index contributed by atoms with van der Waals surface area (Å²) in [5, 5.41) is 22.7. The van der Waals surface area contributed by atoms with Crippen molar-refractivity contribution in [2.45, 2.75) is 75.4 Å². The zero-order valence-electron chi connectivity index (χ0n) is 16.3. The molecule has 0 bridgehead atoms. The van der Waals surface area contributed by atoms with Crippen LogP contribution in [-0.2, 0) is 0 Å². The molecule has 4 rings (SSSR count). The molecule has 0 radical (unpaired) electrons. The lowest BCUT2D eigenvalue weighted by Gasteiger charge is -2.51. The number of nitrogens with zero attached hydrogens (tertiary/aromatic N) is 2. The molecule has 3 aliphatic rings. The molecule has 0 unspecified atom stereocenters. The van der Waals surface area contributed by atoms with Crippen LogP contribution in [0.1, 0.15) is 68.4 Å². The van der Waals surface area contributed by atoms with Crippen LogP contribution in [0.2, 0.25) is 0 Å². The van der Waals surface area contributed by atoms with Gasteiger partial charge >= 0.3 is 6.03 Å². The van der Waals surface area contributed by atoms with Gasteiger partial charge in [-0.3, -0.25) is 0 Å². The summed E-state index contributed by atoms with van der Waals surface area (Å²) in [6.07, 6.45) is 11.4. The SMILES string of the molecule is N#C[C@H]1[C@H](c2ccc(C3=CCCCC3)cc2)[C@H](CO)N1C(=O)NC1CCCC1. The molecule has 5 heteroatoms. The minimum Gasteiger partial charge on any atom is -0.394 e. The molecule has 1 saturated carbocycles. The van der Waals surface area contributed by atoms with E-state index in [2.05, 4.69) is 41.7 Å². The predicted molar refractivity (Wildman–Crippen MR) is 109 cm³/mol. The number of rotatable bonds is 4. The zero-order valence-corrected chi connectivity index (χ0v) is 16.3. The van der Waals surface area contributed by atoms with E-state index in [0.29, 0.717) is 0 Å². The summed E-state index contributed by atoms with van der Waals surface area (Å²) in [5.74, 6) is -0.140. The molecule has 0 spiro atoms. The molecule has 2 amide bonds. The van der Waals surface area contributed by atoms with Crippen LogP contribution in [0.4, 0.5) is 4.79 Å². The second-order valence-electron chi connectivity index (χ2n) is 8.28. The van der Waals surface area contributed by atoms with Crippen LogP contribution in [-0.4, -0.2) is 40.8 Å². The summed E-state index contributed by atoms with van der Waals surface area (Å²) < 4.78 is 0. The number of carbonyl (C=O) groups excluding carboxylic acids is 1. The molecule has 0 aromatic heterocycles. The lowest BCUT2D eigenvalue weighted by Crippen LogP contribution is -2.67. The number of nitrogens with one attached hydrogen (secondary N) is 1. The van der Waals surface area contributed by atoms with Gasteiger partial charge in [0, 0.05) is 12.0 Å². The summed E-state index contributed by atoms with van der Waals surface area (Å²) in [6, 6.07) is 9.78. The van der Waals surface area contributed by atoms with Gasteiger partial charge in [0.2, 0.25) is 0 Å². The molecule has 28 heavy (non-hydrogen) atoms. The fraction of sp³-hybridized carbons (Fsp3) is 0.565. The lowest BCUT2D eigenvalue weighted by atomic mass is 9.75. The Hall–Kier alpha value is -2.32. The van der Waals surface area contributed by atoms with Crippen molar-refractivity contribution in [1.29, 1.82) is 5.26 Å². The molecular formula is C23H29N3O2. The Bertz CT molecular complexity index is 774. The average Bonchev–Trinajstić information content (AvgIpc) is 3.22. The van der Waals surface area contributed by atoms with Crippen LogP contribution in [0.15, 0.2) is 30.3 Å². The number of carbonyl (C=O) groups is 1. The molecule has 3 atom stereocenters. The Labute approximate surface area is 167 Å². The predicted octanol–water partition coefficient (Wildman–Crippen LogP) is 3.95. The Kier molecular flexibility index (Phi) is 5.68. The highest BCUT2D eigenvalue weighted by Gasteiger charge is 2.52. The minimum atomic E-state index is -0.529. The van der Waals surface area contributed by atoms with E-state index in [4.69, 9.17) is 0 Å². The topological polar surface area (TPSA) is 76.4 Å². The van der Waals surface area contributed by atoms with Crippen molar-refractivity contribution in [2.24, 2.45) is 0 Å². The normalized spacial score (nSPS) is 27.6. The first-order valence-corrected chi connectivity index (χ1v) is 10.6. The number of likely N-dealkylation sites (tertiary alicyclic amines) is 1.